The van der Waals surface area contributed by atoms with Crippen LogP contribution in [0.25, 0.3) is 0 Å². The van der Waals surface area contributed by atoms with Gasteiger partial charge in [0.15, 0.2) is 0 Å². The molecule has 3 nitrogen and oxygen atoms in total. The van der Waals surface area contributed by atoms with Gasteiger partial charge in [0.05, 0.1) is 0 Å². The van der Waals surface area contributed by atoms with E-state index in [0.29, 0.717) is 14.0 Å². The Hall–Kier alpha value is -0.375. The first kappa shape index (κ1) is 9.62. The SMILES string of the molecule is CC(C)OC(C)COB=O. The number of ether oxygens (including phenoxy) is 1. The van der Waals surface area contributed by atoms with Gasteiger partial charge >= 0.3 is 61.0 Å². The maximum absolute atomic E-state index is 9.72. The Bertz CT molecular complexity index is 95.0. The summed E-state index contributed by atoms with van der Waals surface area (Å²) in [6.07, 6.45) is 0.176. The van der Waals surface area contributed by atoms with Gasteiger partial charge in [-0.05, 0) is 0 Å². The van der Waals surface area contributed by atoms with Gasteiger partial charge in [0.1, 0.15) is 0 Å². The first-order valence-electron chi connectivity index (χ1n) is 3.37. The second kappa shape index (κ2) is 5.41. The second-order valence-corrected chi connectivity index (χ2v) is 2.43. The Morgan fingerprint density at radius 2 is 2.00 bits per heavy atom. The fourth-order valence-corrected chi connectivity index (χ4v) is 0.679. The molecule has 0 saturated carbocycles. The van der Waals surface area contributed by atoms with Crippen molar-refractivity contribution >= 4 is 7.35 Å². The van der Waals surface area contributed by atoms with Crippen LogP contribution in [0.15, 0.2) is 0 Å². The minimum atomic E-state index is -0.00907. The van der Waals surface area contributed by atoms with Crippen molar-refractivity contribution in [3.05, 3.63) is 0 Å². The molecule has 1 unspecified atom stereocenters. The quantitative estimate of drug-likeness (QED) is 0.535. The molecule has 4 heteroatoms. The van der Waals surface area contributed by atoms with Crippen molar-refractivity contribution in [1.29, 1.82) is 0 Å². The minimum absolute atomic E-state index is 0.00907. The van der Waals surface area contributed by atoms with Crippen LogP contribution in [0.3, 0.4) is 0 Å². The topological polar surface area (TPSA) is 35.5 Å². The van der Waals surface area contributed by atoms with Crippen LogP contribution in [0.4, 0.5) is 0 Å². The van der Waals surface area contributed by atoms with E-state index in [9.17, 15) is 4.70 Å². The molecule has 0 spiro atoms. The zero-order valence-corrected chi connectivity index (χ0v) is 6.66. The van der Waals surface area contributed by atoms with E-state index in [4.69, 9.17) is 4.74 Å². The monoisotopic (exact) mass is 144 g/mol. The molecule has 10 heavy (non-hydrogen) atoms. The van der Waals surface area contributed by atoms with Crippen LogP contribution >= 0.6 is 0 Å². The summed E-state index contributed by atoms with van der Waals surface area (Å²) in [5, 5.41) is 0. The van der Waals surface area contributed by atoms with Crippen LogP contribution in [0.5, 0.6) is 0 Å². The van der Waals surface area contributed by atoms with Crippen molar-refractivity contribution in [2.75, 3.05) is 6.61 Å². The van der Waals surface area contributed by atoms with Crippen molar-refractivity contribution < 1.29 is 14.1 Å². The van der Waals surface area contributed by atoms with Crippen LogP contribution < -0.4 is 0 Å². The summed E-state index contributed by atoms with van der Waals surface area (Å²) in [5.74, 6) is 0. The molecular weight excluding hydrogens is 131 g/mol. The molecule has 0 radical (unpaired) electrons. The average molecular weight is 144 g/mol. The molecule has 0 aromatic rings. The molecule has 0 aromatic heterocycles. The first-order chi connectivity index (χ1) is 4.66. The van der Waals surface area contributed by atoms with E-state index in [0.717, 1.165) is 0 Å². The summed E-state index contributed by atoms with van der Waals surface area (Å²) in [5.41, 5.74) is 0. The molecule has 0 bridgehead atoms. The second-order valence-electron chi connectivity index (χ2n) is 2.43. The van der Waals surface area contributed by atoms with E-state index in [1.54, 1.807) is 0 Å². The van der Waals surface area contributed by atoms with Gasteiger partial charge in [-0.3, -0.25) is 0 Å². The summed E-state index contributed by atoms with van der Waals surface area (Å²) < 4.78 is 19.5. The van der Waals surface area contributed by atoms with Gasteiger partial charge in [-0.1, -0.05) is 0 Å². The zero-order valence-electron chi connectivity index (χ0n) is 6.66. The Labute approximate surface area is 62.0 Å². The molecule has 0 amide bonds. The third kappa shape index (κ3) is 5.76. The molecule has 0 aliphatic heterocycles. The molecule has 0 aromatic carbocycles. The predicted molar refractivity (Wildman–Crippen MR) is 38.1 cm³/mol. The summed E-state index contributed by atoms with van der Waals surface area (Å²) in [4.78, 5) is 0. The number of rotatable bonds is 5. The van der Waals surface area contributed by atoms with Crippen LogP contribution in [0.2, 0.25) is 0 Å². The fourth-order valence-electron chi connectivity index (χ4n) is 0.679. The van der Waals surface area contributed by atoms with Gasteiger partial charge < -0.3 is 0 Å². The van der Waals surface area contributed by atoms with Crippen LogP contribution in [-0.2, 0) is 14.1 Å². The molecule has 0 aliphatic rings. The molecular formula is C6H13BO3. The molecule has 0 rings (SSSR count). The standard InChI is InChI=1S/C6H13BO3/c1-5(2)10-6(3)4-9-7-8/h5-6H,4H2,1-3H3. The van der Waals surface area contributed by atoms with Crippen molar-refractivity contribution in [2.45, 2.75) is 33.0 Å². The number of hydrogen-bond acceptors (Lipinski definition) is 3. The summed E-state index contributed by atoms with van der Waals surface area (Å²) in [6.45, 7) is 6.08. The van der Waals surface area contributed by atoms with E-state index in [1.165, 1.54) is 0 Å². The first-order valence-corrected chi connectivity index (χ1v) is 3.37. The van der Waals surface area contributed by atoms with Crippen LogP contribution in [0, 0.1) is 0 Å². The summed E-state index contributed by atoms with van der Waals surface area (Å²) in [7, 11) is 0.431. The Morgan fingerprint density at radius 3 is 2.40 bits per heavy atom. The van der Waals surface area contributed by atoms with Crippen molar-refractivity contribution in [3.63, 3.8) is 0 Å². The van der Waals surface area contributed by atoms with Gasteiger partial charge in [-0.2, -0.15) is 0 Å². The predicted octanol–water partition coefficient (Wildman–Crippen LogP) is 0.781. The van der Waals surface area contributed by atoms with Gasteiger partial charge in [-0.25, -0.2) is 0 Å². The van der Waals surface area contributed by atoms with E-state index in [-0.39, 0.29) is 12.2 Å². The Balaban J connectivity index is 3.24. The van der Waals surface area contributed by atoms with Gasteiger partial charge in [-0.15, -0.1) is 0 Å². The van der Waals surface area contributed by atoms with Crippen molar-refractivity contribution in [3.8, 4) is 0 Å². The molecule has 58 valence electrons. The summed E-state index contributed by atoms with van der Waals surface area (Å²) >= 11 is 0. The average Bonchev–Trinajstić information content (AvgIpc) is 1.82. The number of hydrogen-bond donors (Lipinski definition) is 0. The zero-order chi connectivity index (χ0) is 7.98. The van der Waals surface area contributed by atoms with Crippen molar-refractivity contribution in [2.24, 2.45) is 0 Å². The van der Waals surface area contributed by atoms with E-state index in [2.05, 4.69) is 4.65 Å². The Kier molecular flexibility index (Phi) is 5.21. The van der Waals surface area contributed by atoms with E-state index in [1.807, 2.05) is 20.8 Å². The molecule has 0 aliphatic carbocycles. The third-order valence-electron chi connectivity index (χ3n) is 0.903. The van der Waals surface area contributed by atoms with Crippen molar-refractivity contribution in [1.82, 2.24) is 0 Å². The van der Waals surface area contributed by atoms with E-state index < -0.39 is 0 Å². The molecule has 0 N–H and O–H groups in total. The maximum atomic E-state index is 9.72. The molecule has 0 fully saturated rings. The fraction of sp³-hybridized carbons (Fsp3) is 1.00. The third-order valence-corrected chi connectivity index (χ3v) is 0.903. The van der Waals surface area contributed by atoms with Crippen LogP contribution in [0.1, 0.15) is 20.8 Å². The van der Waals surface area contributed by atoms with Gasteiger partial charge in [0, 0.05) is 0 Å². The molecule has 0 heterocycles. The normalized spacial score (nSPS) is 12.8. The summed E-state index contributed by atoms with van der Waals surface area (Å²) in [6, 6.07) is 0. The van der Waals surface area contributed by atoms with Crippen LogP contribution in [-0.4, -0.2) is 26.2 Å². The molecule has 1 atom stereocenters. The van der Waals surface area contributed by atoms with Gasteiger partial charge in [0.2, 0.25) is 0 Å². The van der Waals surface area contributed by atoms with Gasteiger partial charge in [0.25, 0.3) is 0 Å². The van der Waals surface area contributed by atoms with E-state index >= 15 is 0 Å². The molecule has 0 saturated heterocycles. The Morgan fingerprint density at radius 1 is 1.40 bits per heavy atom.